The summed E-state index contributed by atoms with van der Waals surface area (Å²) >= 11 is 3.84. The first-order chi connectivity index (χ1) is 8.56. The van der Waals surface area contributed by atoms with Gasteiger partial charge in [-0.25, -0.2) is 0 Å². The minimum atomic E-state index is 0.412. The highest BCUT2D eigenvalue weighted by atomic mass is 79.9. The van der Waals surface area contributed by atoms with Gasteiger partial charge in [0.1, 0.15) is 0 Å². The van der Waals surface area contributed by atoms with Gasteiger partial charge in [-0.05, 0) is 36.8 Å². The van der Waals surface area contributed by atoms with Crippen molar-refractivity contribution in [3.63, 3.8) is 0 Å². The third kappa shape index (κ3) is 3.58. The first kappa shape index (κ1) is 14.1. The third-order valence-corrected chi connectivity index (χ3v) is 4.86. The molecule has 0 saturated carbocycles. The van der Waals surface area contributed by atoms with Crippen molar-refractivity contribution in [3.8, 4) is 0 Å². The molecule has 0 bridgehead atoms. The molecule has 0 radical (unpaired) electrons. The van der Waals surface area contributed by atoms with Gasteiger partial charge in [0.2, 0.25) is 0 Å². The van der Waals surface area contributed by atoms with Crippen molar-refractivity contribution in [3.05, 3.63) is 35.4 Å². The lowest BCUT2D eigenvalue weighted by molar-refractivity contribution is 0.120. The van der Waals surface area contributed by atoms with E-state index in [0.29, 0.717) is 16.8 Å². The Bertz CT molecular complexity index is 371. The molecule has 1 nitrogen and oxygen atoms in total. The summed E-state index contributed by atoms with van der Waals surface area (Å²) in [5.41, 5.74) is 2.81. The van der Waals surface area contributed by atoms with Crippen molar-refractivity contribution < 1.29 is 4.74 Å². The zero-order valence-corrected chi connectivity index (χ0v) is 13.1. The van der Waals surface area contributed by atoms with Crippen molar-refractivity contribution in [1.82, 2.24) is 0 Å². The van der Waals surface area contributed by atoms with E-state index in [-0.39, 0.29) is 0 Å². The van der Waals surface area contributed by atoms with Gasteiger partial charge in [-0.2, -0.15) is 0 Å². The van der Waals surface area contributed by atoms with E-state index in [9.17, 15) is 0 Å². The summed E-state index contributed by atoms with van der Waals surface area (Å²) in [4.78, 5) is 0.426. The van der Waals surface area contributed by atoms with Crippen LogP contribution in [-0.4, -0.2) is 12.7 Å². The zero-order valence-electron chi connectivity index (χ0n) is 11.5. The number of alkyl halides is 1. The van der Waals surface area contributed by atoms with Gasteiger partial charge in [-0.15, -0.1) is 0 Å². The normalized spacial score (nSPS) is 25.6. The lowest BCUT2D eigenvalue weighted by Crippen LogP contribution is -2.07. The molecule has 2 heteroatoms. The van der Waals surface area contributed by atoms with Gasteiger partial charge in [-0.3, -0.25) is 0 Å². The fourth-order valence-corrected chi connectivity index (χ4v) is 3.31. The Kier molecular flexibility index (Phi) is 4.85. The zero-order chi connectivity index (χ0) is 13.1. The van der Waals surface area contributed by atoms with Crippen LogP contribution in [0.4, 0.5) is 0 Å². The molecular weight excluding hydrogens is 288 g/mol. The highest BCUT2D eigenvalue weighted by Gasteiger charge is 2.28. The van der Waals surface area contributed by atoms with Gasteiger partial charge in [-0.1, -0.05) is 54.0 Å². The highest BCUT2D eigenvalue weighted by Crippen LogP contribution is 2.37. The number of rotatable bonds is 4. The van der Waals surface area contributed by atoms with Crippen LogP contribution in [0.15, 0.2) is 24.3 Å². The molecular formula is C16H23BrO. The van der Waals surface area contributed by atoms with Crippen LogP contribution in [0.25, 0.3) is 0 Å². The number of benzene rings is 1. The van der Waals surface area contributed by atoms with Crippen molar-refractivity contribution in [2.45, 2.75) is 44.5 Å². The Morgan fingerprint density at radius 1 is 1.28 bits per heavy atom. The first-order valence-electron chi connectivity index (χ1n) is 6.90. The SMILES string of the molecule is CC(C)Cc1ccc(C(Br)C2COC(C)C2)cc1. The van der Waals surface area contributed by atoms with Crippen LogP contribution in [0.2, 0.25) is 0 Å². The molecule has 1 fully saturated rings. The summed E-state index contributed by atoms with van der Waals surface area (Å²) < 4.78 is 5.65. The molecule has 0 amide bonds. The van der Waals surface area contributed by atoms with Crippen LogP contribution in [0.3, 0.4) is 0 Å². The van der Waals surface area contributed by atoms with Crippen LogP contribution in [-0.2, 0) is 11.2 Å². The fourth-order valence-electron chi connectivity index (χ4n) is 2.64. The van der Waals surface area contributed by atoms with Crippen molar-refractivity contribution in [2.75, 3.05) is 6.61 Å². The van der Waals surface area contributed by atoms with E-state index in [0.717, 1.165) is 25.4 Å². The maximum atomic E-state index is 5.65. The molecule has 100 valence electrons. The number of halogens is 1. The smallest absolute Gasteiger partial charge is 0.0551 e. The summed E-state index contributed by atoms with van der Waals surface area (Å²) in [5.74, 6) is 1.33. The van der Waals surface area contributed by atoms with Gasteiger partial charge < -0.3 is 4.74 Å². The van der Waals surface area contributed by atoms with Crippen LogP contribution in [0.1, 0.15) is 43.1 Å². The Balaban J connectivity index is 2.00. The molecule has 0 N–H and O–H groups in total. The summed E-state index contributed by atoms with van der Waals surface area (Å²) in [6.45, 7) is 7.56. The number of ether oxygens (including phenoxy) is 1. The van der Waals surface area contributed by atoms with Crippen molar-refractivity contribution in [2.24, 2.45) is 11.8 Å². The summed E-state index contributed by atoms with van der Waals surface area (Å²) in [6.07, 6.45) is 2.73. The highest BCUT2D eigenvalue weighted by molar-refractivity contribution is 9.09. The standard InChI is InChI=1S/C16H23BrO/c1-11(2)8-13-4-6-14(7-5-13)16(17)15-9-12(3)18-10-15/h4-7,11-12,15-16H,8-10H2,1-3H3. The monoisotopic (exact) mass is 310 g/mol. The van der Waals surface area contributed by atoms with E-state index in [2.05, 4.69) is 61.0 Å². The molecule has 0 aliphatic carbocycles. The van der Waals surface area contributed by atoms with Gasteiger partial charge in [0.15, 0.2) is 0 Å². The maximum Gasteiger partial charge on any atom is 0.0551 e. The lowest BCUT2D eigenvalue weighted by atomic mass is 9.95. The molecule has 0 aromatic heterocycles. The second kappa shape index (κ2) is 6.21. The minimum Gasteiger partial charge on any atom is -0.378 e. The molecule has 3 unspecified atom stereocenters. The Morgan fingerprint density at radius 3 is 2.44 bits per heavy atom. The molecule has 1 aromatic rings. The Hall–Kier alpha value is -0.340. The van der Waals surface area contributed by atoms with Crippen molar-refractivity contribution in [1.29, 1.82) is 0 Å². The van der Waals surface area contributed by atoms with Crippen LogP contribution >= 0.6 is 15.9 Å². The Morgan fingerprint density at radius 2 is 1.94 bits per heavy atom. The van der Waals surface area contributed by atoms with Gasteiger partial charge in [0.25, 0.3) is 0 Å². The van der Waals surface area contributed by atoms with Gasteiger partial charge >= 0.3 is 0 Å². The topological polar surface area (TPSA) is 9.23 Å². The second-order valence-corrected chi connectivity index (χ2v) is 6.87. The molecule has 1 saturated heterocycles. The van der Waals surface area contributed by atoms with E-state index in [1.807, 2.05) is 0 Å². The largest absolute Gasteiger partial charge is 0.378 e. The van der Waals surface area contributed by atoms with E-state index in [4.69, 9.17) is 4.74 Å². The second-order valence-electron chi connectivity index (χ2n) is 5.88. The third-order valence-electron chi connectivity index (χ3n) is 3.59. The fraction of sp³-hybridized carbons (Fsp3) is 0.625. The molecule has 1 aromatic carbocycles. The van der Waals surface area contributed by atoms with Crippen LogP contribution in [0.5, 0.6) is 0 Å². The predicted octanol–water partition coefficient (Wildman–Crippen LogP) is 4.75. The lowest BCUT2D eigenvalue weighted by Gasteiger charge is -2.17. The first-order valence-corrected chi connectivity index (χ1v) is 7.82. The predicted molar refractivity (Wildman–Crippen MR) is 80.2 cm³/mol. The molecule has 0 spiro atoms. The van der Waals surface area contributed by atoms with E-state index in [1.165, 1.54) is 11.1 Å². The van der Waals surface area contributed by atoms with Crippen LogP contribution < -0.4 is 0 Å². The van der Waals surface area contributed by atoms with E-state index >= 15 is 0 Å². The summed E-state index contributed by atoms with van der Waals surface area (Å²) in [5, 5.41) is 0. The van der Waals surface area contributed by atoms with Crippen LogP contribution in [0, 0.1) is 11.8 Å². The average Bonchev–Trinajstić information content (AvgIpc) is 2.75. The molecule has 18 heavy (non-hydrogen) atoms. The van der Waals surface area contributed by atoms with Crippen molar-refractivity contribution >= 4 is 15.9 Å². The minimum absolute atomic E-state index is 0.412. The van der Waals surface area contributed by atoms with E-state index in [1.54, 1.807) is 0 Å². The molecule has 1 aliphatic heterocycles. The molecule has 1 aliphatic rings. The van der Waals surface area contributed by atoms with E-state index < -0.39 is 0 Å². The quantitative estimate of drug-likeness (QED) is 0.729. The number of hydrogen-bond acceptors (Lipinski definition) is 1. The summed E-state index contributed by atoms with van der Waals surface area (Å²) in [6, 6.07) is 9.06. The molecule has 2 rings (SSSR count). The van der Waals surface area contributed by atoms with Gasteiger partial charge in [0.05, 0.1) is 12.7 Å². The Labute approximate surface area is 119 Å². The van der Waals surface area contributed by atoms with Gasteiger partial charge in [0, 0.05) is 10.7 Å². The summed E-state index contributed by atoms with van der Waals surface area (Å²) in [7, 11) is 0. The average molecular weight is 311 g/mol. The molecule has 3 atom stereocenters. The molecule has 1 heterocycles. The maximum absolute atomic E-state index is 5.65. The number of hydrogen-bond donors (Lipinski definition) is 0.